The molecule has 9 heteroatoms. The smallest absolute Gasteiger partial charge is 0.330 e. The van der Waals surface area contributed by atoms with E-state index in [0.29, 0.717) is 29.9 Å². The average molecular weight is 408 g/mol. The molecule has 0 saturated carbocycles. The molecule has 0 aliphatic heterocycles. The molecule has 0 unspecified atom stereocenters. The number of pyridine rings is 1. The van der Waals surface area contributed by atoms with Crippen LogP contribution in [0.4, 0.5) is 4.39 Å². The molecule has 1 N–H and O–H groups in total. The van der Waals surface area contributed by atoms with E-state index < -0.39 is 0 Å². The van der Waals surface area contributed by atoms with Crippen molar-refractivity contribution in [1.82, 2.24) is 29.2 Å². The molecule has 0 atom stereocenters. The van der Waals surface area contributed by atoms with Crippen LogP contribution in [0.25, 0.3) is 11.2 Å². The third kappa shape index (κ3) is 3.73. The predicted molar refractivity (Wildman–Crippen MR) is 110 cm³/mol. The minimum absolute atomic E-state index is 0.235. The Morgan fingerprint density at radius 2 is 1.90 bits per heavy atom. The molecule has 154 valence electrons. The topological polar surface area (TPSA) is 86.7 Å². The first-order valence-corrected chi connectivity index (χ1v) is 9.67. The number of hydrogen-bond acceptors (Lipinski definition) is 4. The molecule has 1 aromatic carbocycles. The number of aryl methyl sites for hydroxylation is 1. The molecule has 4 aromatic rings. The van der Waals surface area contributed by atoms with E-state index in [1.807, 2.05) is 13.0 Å². The number of carbonyl (C=O) groups is 1. The number of rotatable bonds is 7. The van der Waals surface area contributed by atoms with Gasteiger partial charge >= 0.3 is 5.69 Å². The van der Waals surface area contributed by atoms with E-state index in [9.17, 15) is 14.0 Å². The zero-order chi connectivity index (χ0) is 21.1. The van der Waals surface area contributed by atoms with E-state index in [1.54, 1.807) is 45.9 Å². The van der Waals surface area contributed by atoms with Crippen molar-refractivity contribution in [3.8, 4) is 0 Å². The molecule has 30 heavy (non-hydrogen) atoms. The third-order valence-electron chi connectivity index (χ3n) is 4.90. The van der Waals surface area contributed by atoms with Crippen LogP contribution in [0.15, 0.2) is 59.7 Å². The highest BCUT2D eigenvalue weighted by atomic mass is 19.1. The van der Waals surface area contributed by atoms with Gasteiger partial charge in [0.15, 0.2) is 5.65 Å². The van der Waals surface area contributed by atoms with Crippen LogP contribution in [0.2, 0.25) is 0 Å². The van der Waals surface area contributed by atoms with Crippen molar-refractivity contribution < 1.29 is 9.18 Å². The molecular weight excluding hydrogens is 387 g/mol. The molecule has 0 aliphatic carbocycles. The molecule has 0 radical (unpaired) electrons. The van der Waals surface area contributed by atoms with E-state index in [0.717, 1.165) is 5.56 Å². The summed E-state index contributed by atoms with van der Waals surface area (Å²) >= 11 is 0. The maximum absolute atomic E-state index is 13.2. The highest BCUT2D eigenvalue weighted by molar-refractivity contribution is 5.92. The summed E-state index contributed by atoms with van der Waals surface area (Å²) in [6.07, 6.45) is 3.20. The van der Waals surface area contributed by atoms with Crippen LogP contribution >= 0.6 is 0 Å². The maximum atomic E-state index is 13.2. The maximum Gasteiger partial charge on any atom is 0.330 e. The number of amides is 1. The predicted octanol–water partition coefficient (Wildman–Crippen LogP) is 2.03. The van der Waals surface area contributed by atoms with Gasteiger partial charge in [-0.25, -0.2) is 14.2 Å². The Balaban J connectivity index is 1.55. The Morgan fingerprint density at radius 3 is 2.67 bits per heavy atom. The van der Waals surface area contributed by atoms with Crippen molar-refractivity contribution in [3.05, 3.63) is 82.4 Å². The molecule has 0 aliphatic rings. The van der Waals surface area contributed by atoms with Crippen molar-refractivity contribution in [2.75, 3.05) is 6.54 Å². The fourth-order valence-corrected chi connectivity index (χ4v) is 3.42. The number of carbonyl (C=O) groups excluding carboxylic acids is 1. The summed E-state index contributed by atoms with van der Waals surface area (Å²) in [5.41, 5.74) is 2.27. The molecule has 0 spiro atoms. The average Bonchev–Trinajstić information content (AvgIpc) is 3.34. The van der Waals surface area contributed by atoms with Crippen LogP contribution in [0.3, 0.4) is 0 Å². The van der Waals surface area contributed by atoms with Crippen molar-refractivity contribution in [2.24, 2.45) is 0 Å². The van der Waals surface area contributed by atoms with E-state index in [-0.39, 0.29) is 30.5 Å². The van der Waals surface area contributed by atoms with Gasteiger partial charge in [0.05, 0.1) is 12.1 Å². The number of aromatic nitrogens is 5. The van der Waals surface area contributed by atoms with E-state index >= 15 is 0 Å². The van der Waals surface area contributed by atoms with Gasteiger partial charge in [-0.2, -0.15) is 5.10 Å². The monoisotopic (exact) mass is 408 g/mol. The van der Waals surface area contributed by atoms with Crippen LogP contribution in [-0.2, 0) is 19.6 Å². The van der Waals surface area contributed by atoms with Gasteiger partial charge in [0.1, 0.15) is 11.5 Å². The molecule has 3 heterocycles. The minimum atomic E-state index is -0.324. The summed E-state index contributed by atoms with van der Waals surface area (Å²) in [6, 6.07) is 11.3. The lowest BCUT2D eigenvalue weighted by Gasteiger charge is -2.07. The Morgan fingerprint density at radius 1 is 1.10 bits per heavy atom. The molecule has 1 amide bonds. The molecule has 0 fully saturated rings. The standard InChI is InChI=1S/C21H21FN6O2/c1-2-28-18(9-11-25-28)20(29)24-12-13-26-19-17(4-3-10-23-19)27(21(26)30)14-15-5-7-16(22)8-6-15/h3-11H,2,12-14H2,1H3,(H,24,29). The minimum Gasteiger partial charge on any atom is -0.349 e. The van der Waals surface area contributed by atoms with Gasteiger partial charge < -0.3 is 5.32 Å². The number of imidazole rings is 1. The number of benzene rings is 1. The number of fused-ring (bicyclic) bond motifs is 1. The lowest BCUT2D eigenvalue weighted by atomic mass is 10.2. The SMILES string of the molecule is CCn1nccc1C(=O)NCCn1c(=O)n(Cc2ccc(F)cc2)c2cccnc21. The quantitative estimate of drug-likeness (QED) is 0.507. The second-order valence-corrected chi connectivity index (χ2v) is 6.78. The molecule has 3 aromatic heterocycles. The number of hydrogen-bond donors (Lipinski definition) is 1. The first-order chi connectivity index (χ1) is 14.6. The zero-order valence-electron chi connectivity index (χ0n) is 16.5. The van der Waals surface area contributed by atoms with Crippen molar-refractivity contribution in [3.63, 3.8) is 0 Å². The van der Waals surface area contributed by atoms with Gasteiger partial charge in [-0.15, -0.1) is 0 Å². The summed E-state index contributed by atoms with van der Waals surface area (Å²) in [5.74, 6) is -0.569. The molecule has 0 saturated heterocycles. The molecule has 4 rings (SSSR count). The highest BCUT2D eigenvalue weighted by Gasteiger charge is 2.15. The Bertz CT molecular complexity index is 1240. The molecule has 0 bridgehead atoms. The Hall–Kier alpha value is -3.75. The van der Waals surface area contributed by atoms with Gasteiger partial charge in [-0.1, -0.05) is 12.1 Å². The normalized spacial score (nSPS) is 11.1. The van der Waals surface area contributed by atoms with E-state index in [1.165, 1.54) is 16.7 Å². The fraction of sp³-hybridized carbons (Fsp3) is 0.238. The summed E-state index contributed by atoms with van der Waals surface area (Å²) in [6.45, 7) is 3.34. The number of halogens is 1. The van der Waals surface area contributed by atoms with Crippen LogP contribution in [0.5, 0.6) is 0 Å². The third-order valence-corrected chi connectivity index (χ3v) is 4.90. The fourth-order valence-electron chi connectivity index (χ4n) is 3.42. The van der Waals surface area contributed by atoms with Crippen molar-refractivity contribution >= 4 is 17.1 Å². The summed E-state index contributed by atoms with van der Waals surface area (Å²) in [7, 11) is 0. The van der Waals surface area contributed by atoms with Crippen LogP contribution in [0, 0.1) is 5.82 Å². The summed E-state index contributed by atoms with van der Waals surface area (Å²) in [4.78, 5) is 29.8. The van der Waals surface area contributed by atoms with Gasteiger partial charge in [-0.3, -0.25) is 18.6 Å². The number of nitrogens with one attached hydrogen (secondary N) is 1. The van der Waals surface area contributed by atoms with E-state index in [4.69, 9.17) is 0 Å². The van der Waals surface area contributed by atoms with Crippen LogP contribution in [-0.4, -0.2) is 36.4 Å². The second kappa shape index (κ2) is 8.32. The largest absolute Gasteiger partial charge is 0.349 e. The first kappa shape index (κ1) is 19.6. The highest BCUT2D eigenvalue weighted by Crippen LogP contribution is 2.13. The van der Waals surface area contributed by atoms with Crippen molar-refractivity contribution in [1.29, 1.82) is 0 Å². The molecular formula is C21H21FN6O2. The van der Waals surface area contributed by atoms with Gasteiger partial charge in [0, 0.05) is 32.0 Å². The number of nitrogens with zero attached hydrogens (tertiary/aromatic N) is 5. The lowest BCUT2D eigenvalue weighted by molar-refractivity contribution is 0.0941. The van der Waals surface area contributed by atoms with E-state index in [2.05, 4.69) is 15.4 Å². The second-order valence-electron chi connectivity index (χ2n) is 6.78. The summed E-state index contributed by atoms with van der Waals surface area (Å²) < 4.78 is 17.9. The van der Waals surface area contributed by atoms with Crippen LogP contribution in [0.1, 0.15) is 23.0 Å². The lowest BCUT2D eigenvalue weighted by Crippen LogP contribution is -2.32. The summed E-state index contributed by atoms with van der Waals surface area (Å²) in [5, 5.41) is 6.92. The molecule has 8 nitrogen and oxygen atoms in total. The van der Waals surface area contributed by atoms with Gasteiger partial charge in [-0.05, 0) is 42.8 Å². The van der Waals surface area contributed by atoms with Crippen LogP contribution < -0.4 is 11.0 Å². The van der Waals surface area contributed by atoms with Gasteiger partial charge in [0.25, 0.3) is 5.91 Å². The zero-order valence-corrected chi connectivity index (χ0v) is 16.5. The van der Waals surface area contributed by atoms with Crippen molar-refractivity contribution in [2.45, 2.75) is 26.6 Å². The first-order valence-electron chi connectivity index (χ1n) is 9.67. The Labute approximate surface area is 171 Å². The van der Waals surface area contributed by atoms with Gasteiger partial charge in [0.2, 0.25) is 0 Å². The Kier molecular flexibility index (Phi) is 5.42.